The van der Waals surface area contributed by atoms with Gasteiger partial charge in [-0.2, -0.15) is 0 Å². The number of anilines is 3. The highest BCUT2D eigenvalue weighted by molar-refractivity contribution is 6.26. The lowest BCUT2D eigenvalue weighted by molar-refractivity contribution is 0.550. The summed E-state index contributed by atoms with van der Waals surface area (Å²) >= 11 is 0. The van der Waals surface area contributed by atoms with Crippen molar-refractivity contribution in [2.75, 3.05) is 4.90 Å². The second-order valence-corrected chi connectivity index (χ2v) is 20.5. The van der Waals surface area contributed by atoms with E-state index in [4.69, 9.17) is 0 Å². The van der Waals surface area contributed by atoms with Gasteiger partial charge < -0.3 is 4.90 Å². The van der Waals surface area contributed by atoms with Gasteiger partial charge in [0.1, 0.15) is 0 Å². The fourth-order valence-corrected chi connectivity index (χ4v) is 14.6. The van der Waals surface area contributed by atoms with Gasteiger partial charge in [0.05, 0.1) is 11.1 Å². The van der Waals surface area contributed by atoms with Crippen LogP contribution in [0.2, 0.25) is 0 Å². The highest BCUT2D eigenvalue weighted by Gasteiger charge is 2.52. The normalized spacial score (nSPS) is 15.0. The van der Waals surface area contributed by atoms with Crippen LogP contribution in [-0.4, -0.2) is 0 Å². The summed E-state index contributed by atoms with van der Waals surface area (Å²) in [6.45, 7) is 0. The maximum Gasteiger partial charge on any atom is 0.0726 e. The Morgan fingerprint density at radius 3 is 1.35 bits per heavy atom. The quantitative estimate of drug-likeness (QED) is 0.159. The molecule has 0 unspecified atom stereocenters. The van der Waals surface area contributed by atoms with E-state index in [2.05, 4.69) is 241 Å². The van der Waals surface area contributed by atoms with Crippen LogP contribution in [0.3, 0.4) is 0 Å². The molecule has 1 fully saturated rings. The van der Waals surface area contributed by atoms with Crippen LogP contribution in [0.4, 0.5) is 17.1 Å². The van der Waals surface area contributed by atoms with E-state index in [-0.39, 0.29) is 5.41 Å². The number of nitrogens with zero attached hydrogens (tertiary/aromatic N) is 1. The average Bonchev–Trinajstić information content (AvgIpc) is 4.20. The topological polar surface area (TPSA) is 3.24 Å². The van der Waals surface area contributed by atoms with Gasteiger partial charge >= 0.3 is 0 Å². The average molecular weight is 902 g/mol. The smallest absolute Gasteiger partial charge is 0.0726 e. The van der Waals surface area contributed by atoms with Crippen LogP contribution in [0, 0.1) is 0 Å². The molecule has 0 saturated heterocycles. The molecule has 0 N–H and O–H groups in total. The summed E-state index contributed by atoms with van der Waals surface area (Å²) in [7, 11) is 0. The minimum Gasteiger partial charge on any atom is -0.310 e. The summed E-state index contributed by atoms with van der Waals surface area (Å²) in [6, 6.07) is 90.7. The Balaban J connectivity index is 1.06. The number of fused-ring (bicyclic) bond motifs is 22. The van der Waals surface area contributed by atoms with E-state index in [0.717, 1.165) is 11.4 Å². The number of rotatable bonds is 4. The molecule has 12 aromatic carbocycles. The zero-order valence-corrected chi connectivity index (χ0v) is 39.3. The largest absolute Gasteiger partial charge is 0.310 e. The Bertz CT molecular complexity index is 4170. The van der Waals surface area contributed by atoms with Crippen molar-refractivity contribution in [3.63, 3.8) is 0 Å². The molecule has 16 rings (SSSR count). The van der Waals surface area contributed by atoms with E-state index >= 15 is 0 Å². The van der Waals surface area contributed by atoms with E-state index in [1.54, 1.807) is 0 Å². The minimum atomic E-state index is -0.513. The zero-order valence-electron chi connectivity index (χ0n) is 39.3. The maximum atomic E-state index is 2.63. The van der Waals surface area contributed by atoms with Crippen LogP contribution in [0.25, 0.3) is 87.6 Å². The lowest BCUT2D eigenvalue weighted by atomic mass is 9.70. The molecule has 2 spiro atoms. The molecular formula is C70H47N. The van der Waals surface area contributed by atoms with Crippen molar-refractivity contribution in [2.45, 2.75) is 36.5 Å². The summed E-state index contributed by atoms with van der Waals surface area (Å²) < 4.78 is 0. The molecule has 71 heavy (non-hydrogen) atoms. The molecular weight excluding hydrogens is 855 g/mol. The molecule has 1 saturated carbocycles. The van der Waals surface area contributed by atoms with Gasteiger partial charge in [-0.3, -0.25) is 0 Å². The highest BCUT2D eigenvalue weighted by atomic mass is 15.1. The summed E-state index contributed by atoms with van der Waals surface area (Å²) in [6.07, 6.45) is 4.93. The Kier molecular flexibility index (Phi) is 8.04. The first kappa shape index (κ1) is 39.3. The van der Waals surface area contributed by atoms with Gasteiger partial charge in [-0.25, -0.2) is 0 Å². The predicted molar refractivity (Wildman–Crippen MR) is 298 cm³/mol. The Morgan fingerprint density at radius 2 is 0.704 bits per heavy atom. The zero-order chi connectivity index (χ0) is 46.4. The molecule has 0 heterocycles. The summed E-state index contributed by atoms with van der Waals surface area (Å²) in [5.41, 5.74) is 21.8. The molecule has 4 aliphatic rings. The fourth-order valence-electron chi connectivity index (χ4n) is 14.6. The van der Waals surface area contributed by atoms with E-state index in [1.165, 1.54) is 152 Å². The second-order valence-electron chi connectivity index (χ2n) is 20.5. The fraction of sp³-hybridized carbons (Fsp3) is 0.0857. The van der Waals surface area contributed by atoms with Crippen LogP contribution in [0.15, 0.2) is 237 Å². The van der Waals surface area contributed by atoms with Crippen LogP contribution < -0.4 is 4.90 Å². The first-order valence-electron chi connectivity index (χ1n) is 25.5. The predicted octanol–water partition coefficient (Wildman–Crippen LogP) is 18.6. The van der Waals surface area contributed by atoms with Gasteiger partial charge in [-0.15, -0.1) is 0 Å². The van der Waals surface area contributed by atoms with Crippen molar-refractivity contribution in [3.8, 4) is 44.5 Å². The van der Waals surface area contributed by atoms with Crippen molar-refractivity contribution < 1.29 is 0 Å². The van der Waals surface area contributed by atoms with Crippen molar-refractivity contribution in [1.82, 2.24) is 0 Å². The monoisotopic (exact) mass is 901 g/mol. The van der Waals surface area contributed by atoms with E-state index in [9.17, 15) is 0 Å². The molecule has 0 aliphatic heterocycles. The molecule has 0 atom stereocenters. The number of benzene rings is 12. The van der Waals surface area contributed by atoms with Gasteiger partial charge in [0.2, 0.25) is 0 Å². The molecule has 12 aromatic rings. The second kappa shape index (κ2) is 14.5. The number of hydrogen-bond donors (Lipinski definition) is 0. The third-order valence-corrected chi connectivity index (χ3v) is 17.4. The third kappa shape index (κ3) is 5.15. The molecule has 1 heteroatoms. The standard InChI is InChI=1S/C70H47N/c1-2-20-47-44(18-1)19-17-29-48(47)61-42-60-57-28-10-14-33-66(57)70(64-31-12-8-25-54(64)55-26-9-13-32-65(55)70)67(60)43-68(61)71(46-35-37-63-59(41-46)56-27-7-11-30-62(56)69(63)38-15-16-39-69)45-34-36-53-51-23-4-3-21-49(51)50-22-5-6-24-52(50)58(53)40-45/h1-14,17-37,40-43H,15-16,38-39H2. The van der Waals surface area contributed by atoms with Crippen molar-refractivity contribution in [1.29, 1.82) is 0 Å². The molecule has 1 nitrogen and oxygen atoms in total. The molecule has 0 aromatic heterocycles. The lowest BCUT2D eigenvalue weighted by Crippen LogP contribution is -2.26. The summed E-state index contributed by atoms with van der Waals surface area (Å²) in [5, 5.41) is 10.1. The van der Waals surface area contributed by atoms with Crippen LogP contribution in [-0.2, 0) is 10.8 Å². The van der Waals surface area contributed by atoms with Crippen molar-refractivity contribution >= 4 is 60.2 Å². The lowest BCUT2D eigenvalue weighted by Gasteiger charge is -2.34. The van der Waals surface area contributed by atoms with Crippen LogP contribution in [0.1, 0.15) is 59.1 Å². The molecule has 0 bridgehead atoms. The van der Waals surface area contributed by atoms with Gasteiger partial charge in [0.15, 0.2) is 0 Å². The summed E-state index contributed by atoms with van der Waals surface area (Å²) in [4.78, 5) is 2.63. The SMILES string of the molecule is c1ccc2c(c1)-c1cc(N(c3ccc4c5ccccc5c5ccccc5c4c3)c3cc4c(cc3-c3cccc5ccccc35)-c3ccccc3C43c4ccccc4-c4ccccc43)ccc1C21CCCC1. The number of hydrogen-bond acceptors (Lipinski definition) is 1. The van der Waals surface area contributed by atoms with Gasteiger partial charge in [-0.05, 0) is 165 Å². The highest BCUT2D eigenvalue weighted by Crippen LogP contribution is 2.65. The first-order valence-corrected chi connectivity index (χ1v) is 25.5. The Hall–Kier alpha value is -8.52. The van der Waals surface area contributed by atoms with Crippen LogP contribution >= 0.6 is 0 Å². The first-order chi connectivity index (χ1) is 35.2. The van der Waals surface area contributed by atoms with Crippen molar-refractivity contribution in [2.24, 2.45) is 0 Å². The summed E-state index contributed by atoms with van der Waals surface area (Å²) in [5.74, 6) is 0. The molecule has 0 amide bonds. The Labute approximate surface area is 413 Å². The van der Waals surface area contributed by atoms with Gasteiger partial charge in [0.25, 0.3) is 0 Å². The van der Waals surface area contributed by atoms with E-state index in [1.807, 2.05) is 0 Å². The van der Waals surface area contributed by atoms with E-state index in [0.29, 0.717) is 0 Å². The molecule has 0 radical (unpaired) electrons. The molecule has 332 valence electrons. The van der Waals surface area contributed by atoms with E-state index < -0.39 is 5.41 Å². The molecule has 4 aliphatic carbocycles. The maximum absolute atomic E-state index is 2.63. The van der Waals surface area contributed by atoms with Gasteiger partial charge in [0, 0.05) is 22.4 Å². The minimum absolute atomic E-state index is 0.0707. The van der Waals surface area contributed by atoms with Crippen molar-refractivity contribution in [3.05, 3.63) is 270 Å². The van der Waals surface area contributed by atoms with Crippen LogP contribution in [0.5, 0.6) is 0 Å². The van der Waals surface area contributed by atoms with Gasteiger partial charge in [-0.1, -0.05) is 213 Å². The Morgan fingerprint density at radius 1 is 0.268 bits per heavy atom. The third-order valence-electron chi connectivity index (χ3n) is 17.4.